The predicted octanol–water partition coefficient (Wildman–Crippen LogP) is 6.52. The van der Waals surface area contributed by atoms with E-state index in [2.05, 4.69) is 4.98 Å². The zero-order chi connectivity index (χ0) is 25.7. The Balaban J connectivity index is 1.97. The number of pyridine rings is 1. The first kappa shape index (κ1) is 25.8. The number of nitrogens with zero attached hydrogens (tertiary/aromatic N) is 2. The molecule has 6 heteroatoms. The van der Waals surface area contributed by atoms with E-state index in [0.29, 0.717) is 35.0 Å². The van der Waals surface area contributed by atoms with Crippen LogP contribution in [0.5, 0.6) is 5.88 Å². The summed E-state index contributed by atoms with van der Waals surface area (Å²) < 4.78 is 20.2. The van der Waals surface area contributed by atoms with Crippen molar-refractivity contribution in [2.75, 3.05) is 27.7 Å². The molecule has 0 radical (unpaired) electrons. The maximum Gasteiger partial charge on any atom is 0.217 e. The highest BCUT2D eigenvalue weighted by molar-refractivity contribution is 6.30. The van der Waals surface area contributed by atoms with Crippen molar-refractivity contribution >= 4 is 11.6 Å². The van der Waals surface area contributed by atoms with E-state index >= 15 is 0 Å². The first-order valence-corrected chi connectivity index (χ1v) is 12.2. The molecule has 36 heavy (non-hydrogen) atoms. The summed E-state index contributed by atoms with van der Waals surface area (Å²) in [5.74, 6) is -0.584. The zero-order valence-corrected chi connectivity index (χ0v) is 21.4. The first-order chi connectivity index (χ1) is 17.3. The van der Waals surface area contributed by atoms with Gasteiger partial charge in [0.2, 0.25) is 5.88 Å². The average Bonchev–Trinajstić information content (AvgIpc) is 2.88. The molecule has 0 fully saturated rings. The third kappa shape index (κ3) is 5.59. The number of hydrogen-bond donors (Lipinski definition) is 1. The minimum absolute atomic E-state index is 0.358. The highest BCUT2D eigenvalue weighted by atomic mass is 35.5. The number of halogens is 2. The molecular weight excluding hydrogens is 475 g/mol. The molecule has 0 bridgehead atoms. The van der Waals surface area contributed by atoms with Gasteiger partial charge in [0.05, 0.1) is 7.11 Å². The zero-order valence-electron chi connectivity index (χ0n) is 20.7. The summed E-state index contributed by atoms with van der Waals surface area (Å²) in [5.41, 5.74) is 2.42. The van der Waals surface area contributed by atoms with E-state index < -0.39 is 17.3 Å². The van der Waals surface area contributed by atoms with Crippen LogP contribution in [-0.4, -0.2) is 42.7 Å². The van der Waals surface area contributed by atoms with Gasteiger partial charge in [-0.15, -0.1) is 0 Å². The summed E-state index contributed by atoms with van der Waals surface area (Å²) in [4.78, 5) is 6.62. The Kier molecular flexibility index (Phi) is 8.04. The van der Waals surface area contributed by atoms with Gasteiger partial charge in [-0.2, -0.15) is 0 Å². The first-order valence-electron chi connectivity index (χ1n) is 11.8. The van der Waals surface area contributed by atoms with Crippen molar-refractivity contribution in [1.29, 1.82) is 0 Å². The van der Waals surface area contributed by atoms with Gasteiger partial charge in [0.15, 0.2) is 0 Å². The Hall–Kier alpha value is -3.25. The van der Waals surface area contributed by atoms with Crippen LogP contribution in [0, 0.1) is 5.82 Å². The molecule has 0 spiro atoms. The molecule has 0 aliphatic heterocycles. The molecular formula is C30H30ClFN2O2. The number of aromatic nitrogens is 1. The quantitative estimate of drug-likeness (QED) is 0.282. The number of ether oxygens (including phenoxy) is 1. The van der Waals surface area contributed by atoms with Crippen molar-refractivity contribution in [2.45, 2.75) is 17.9 Å². The number of rotatable bonds is 9. The van der Waals surface area contributed by atoms with E-state index in [1.165, 1.54) is 12.1 Å². The Morgan fingerprint density at radius 2 is 1.69 bits per heavy atom. The topological polar surface area (TPSA) is 45.6 Å². The molecule has 0 aliphatic carbocycles. The molecule has 1 aromatic heterocycles. The molecule has 0 saturated heterocycles. The van der Waals surface area contributed by atoms with E-state index in [-0.39, 0.29) is 0 Å². The van der Waals surface area contributed by atoms with Crippen molar-refractivity contribution < 1.29 is 14.2 Å². The Morgan fingerprint density at radius 3 is 2.33 bits per heavy atom. The fourth-order valence-corrected chi connectivity index (χ4v) is 4.74. The monoisotopic (exact) mass is 504 g/mol. The summed E-state index contributed by atoms with van der Waals surface area (Å²) in [6, 6.07) is 25.5. The van der Waals surface area contributed by atoms with Gasteiger partial charge >= 0.3 is 0 Å². The maximum absolute atomic E-state index is 14.5. The standard InChI is InChI=1S/C30H30ClFN2O2/c1-34(2)17-16-30(35,24-10-7-11-26(32)19-24)28(22-8-5-4-6-9-22)27-18-23(20-33-29(27)36-3)21-12-14-25(31)15-13-21/h4-15,18-20,28,35H,16-17H2,1-3H3. The van der Waals surface area contributed by atoms with E-state index in [9.17, 15) is 9.50 Å². The highest BCUT2D eigenvalue weighted by Gasteiger charge is 2.42. The van der Waals surface area contributed by atoms with E-state index in [1.54, 1.807) is 25.4 Å². The van der Waals surface area contributed by atoms with Crippen molar-refractivity contribution in [1.82, 2.24) is 9.88 Å². The SMILES string of the molecule is COc1ncc(-c2ccc(Cl)cc2)cc1C(c1ccccc1)C(O)(CCN(C)C)c1cccc(F)c1. The normalized spacial score (nSPS) is 13.9. The van der Waals surface area contributed by atoms with Crippen molar-refractivity contribution in [3.63, 3.8) is 0 Å². The van der Waals surface area contributed by atoms with Crippen molar-refractivity contribution in [3.8, 4) is 17.0 Å². The van der Waals surface area contributed by atoms with Crippen LogP contribution in [-0.2, 0) is 5.60 Å². The molecule has 4 nitrogen and oxygen atoms in total. The van der Waals surface area contributed by atoms with Crippen LogP contribution >= 0.6 is 11.6 Å². The van der Waals surface area contributed by atoms with Crippen LogP contribution in [0.3, 0.4) is 0 Å². The van der Waals surface area contributed by atoms with Gasteiger partial charge in [0.1, 0.15) is 11.4 Å². The van der Waals surface area contributed by atoms with E-state index in [4.69, 9.17) is 16.3 Å². The predicted molar refractivity (Wildman–Crippen MR) is 143 cm³/mol. The van der Waals surface area contributed by atoms with Gasteiger partial charge in [-0.1, -0.05) is 66.2 Å². The van der Waals surface area contributed by atoms with Gasteiger partial charge in [0.25, 0.3) is 0 Å². The third-order valence-corrected chi connectivity index (χ3v) is 6.69. The highest BCUT2D eigenvalue weighted by Crippen LogP contribution is 2.47. The Bertz CT molecular complexity index is 1300. The van der Waals surface area contributed by atoms with Gasteiger partial charge in [-0.05, 0) is 67.5 Å². The van der Waals surface area contributed by atoms with Gasteiger partial charge in [0, 0.05) is 34.8 Å². The third-order valence-electron chi connectivity index (χ3n) is 6.44. The fourth-order valence-electron chi connectivity index (χ4n) is 4.61. The molecule has 0 saturated carbocycles. The molecule has 186 valence electrons. The lowest BCUT2D eigenvalue weighted by Gasteiger charge is -2.39. The number of hydrogen-bond acceptors (Lipinski definition) is 4. The molecule has 1 heterocycles. The lowest BCUT2D eigenvalue weighted by molar-refractivity contribution is 0.00351. The van der Waals surface area contributed by atoms with Gasteiger partial charge < -0.3 is 14.7 Å². The summed E-state index contributed by atoms with van der Waals surface area (Å²) in [6.45, 7) is 0.586. The fraction of sp³-hybridized carbons (Fsp3) is 0.233. The van der Waals surface area contributed by atoms with Crippen molar-refractivity contribution in [3.05, 3.63) is 119 Å². The minimum atomic E-state index is -1.46. The molecule has 3 aromatic carbocycles. The second-order valence-electron chi connectivity index (χ2n) is 9.16. The Morgan fingerprint density at radius 1 is 0.972 bits per heavy atom. The largest absolute Gasteiger partial charge is 0.481 e. The Labute approximate surface area is 217 Å². The summed E-state index contributed by atoms with van der Waals surface area (Å²) in [6.07, 6.45) is 2.10. The minimum Gasteiger partial charge on any atom is -0.481 e. The summed E-state index contributed by atoms with van der Waals surface area (Å²) >= 11 is 6.11. The molecule has 2 unspecified atom stereocenters. The molecule has 4 rings (SSSR count). The van der Waals surface area contributed by atoms with Crippen LogP contribution in [0.15, 0.2) is 91.1 Å². The number of aliphatic hydroxyl groups is 1. The second-order valence-corrected chi connectivity index (χ2v) is 9.60. The van der Waals surface area contributed by atoms with Crippen LogP contribution in [0.4, 0.5) is 4.39 Å². The van der Waals surface area contributed by atoms with E-state index in [1.807, 2.05) is 79.7 Å². The average molecular weight is 505 g/mol. The second kappa shape index (κ2) is 11.2. The van der Waals surface area contributed by atoms with Crippen molar-refractivity contribution in [2.24, 2.45) is 0 Å². The molecule has 2 atom stereocenters. The van der Waals surface area contributed by atoms with Gasteiger partial charge in [-0.25, -0.2) is 9.37 Å². The number of benzene rings is 3. The lowest BCUT2D eigenvalue weighted by Crippen LogP contribution is -2.38. The van der Waals surface area contributed by atoms with Crippen LogP contribution in [0.2, 0.25) is 5.02 Å². The number of methoxy groups -OCH3 is 1. The lowest BCUT2D eigenvalue weighted by atomic mass is 9.71. The molecule has 0 amide bonds. The smallest absolute Gasteiger partial charge is 0.217 e. The molecule has 0 aliphatic rings. The summed E-state index contributed by atoms with van der Waals surface area (Å²) in [5, 5.41) is 13.2. The van der Waals surface area contributed by atoms with Crippen LogP contribution in [0.1, 0.15) is 29.0 Å². The maximum atomic E-state index is 14.5. The summed E-state index contributed by atoms with van der Waals surface area (Å²) in [7, 11) is 5.47. The van der Waals surface area contributed by atoms with Crippen LogP contribution < -0.4 is 4.74 Å². The molecule has 4 aromatic rings. The van der Waals surface area contributed by atoms with Gasteiger partial charge in [-0.3, -0.25) is 0 Å². The molecule has 1 N–H and O–H groups in total. The van der Waals surface area contributed by atoms with E-state index in [0.717, 1.165) is 16.7 Å². The van der Waals surface area contributed by atoms with Crippen LogP contribution in [0.25, 0.3) is 11.1 Å².